The quantitative estimate of drug-likeness (QED) is 0.810. The van der Waals surface area contributed by atoms with Crippen molar-refractivity contribution in [3.05, 3.63) is 24.3 Å². The molecule has 1 aromatic rings. The van der Waals surface area contributed by atoms with Crippen LogP contribution >= 0.6 is 0 Å². The van der Waals surface area contributed by atoms with Crippen molar-refractivity contribution in [3.63, 3.8) is 0 Å². The van der Waals surface area contributed by atoms with Crippen molar-refractivity contribution >= 4 is 15.7 Å². The van der Waals surface area contributed by atoms with Gasteiger partial charge in [0.15, 0.2) is 0 Å². The molecular formula is C16H28N2O2S. The molecule has 0 amide bonds. The van der Waals surface area contributed by atoms with E-state index < -0.39 is 10.0 Å². The second kappa shape index (κ2) is 7.27. The normalized spacial score (nSPS) is 14.0. The minimum atomic E-state index is -3.45. The highest BCUT2D eigenvalue weighted by atomic mass is 32.2. The molecule has 0 radical (unpaired) electrons. The molecule has 0 aliphatic carbocycles. The molecule has 1 aromatic carbocycles. The summed E-state index contributed by atoms with van der Waals surface area (Å²) in [6.45, 7) is 11.9. The van der Waals surface area contributed by atoms with Crippen LogP contribution in [0.15, 0.2) is 29.2 Å². The fraction of sp³-hybridized carbons (Fsp3) is 0.625. The van der Waals surface area contributed by atoms with Crippen LogP contribution in [0, 0.1) is 11.3 Å². The van der Waals surface area contributed by atoms with Crippen LogP contribution in [0.5, 0.6) is 0 Å². The van der Waals surface area contributed by atoms with Crippen LogP contribution in [-0.2, 0) is 10.0 Å². The van der Waals surface area contributed by atoms with Gasteiger partial charge < -0.3 is 5.32 Å². The van der Waals surface area contributed by atoms with E-state index in [2.05, 4.69) is 37.7 Å². The monoisotopic (exact) mass is 312 g/mol. The summed E-state index contributed by atoms with van der Waals surface area (Å²) in [5.41, 5.74) is 0.846. The Morgan fingerprint density at radius 3 is 2.38 bits per heavy atom. The highest BCUT2D eigenvalue weighted by Crippen LogP contribution is 2.27. The van der Waals surface area contributed by atoms with Crippen LogP contribution in [0.1, 0.15) is 41.0 Å². The summed E-state index contributed by atoms with van der Waals surface area (Å²) in [6.07, 6.45) is 0.774. The Labute approximate surface area is 129 Å². The Morgan fingerprint density at radius 1 is 1.19 bits per heavy atom. The molecule has 0 aliphatic heterocycles. The Hall–Kier alpha value is -1.07. The third-order valence-corrected chi connectivity index (χ3v) is 5.31. The van der Waals surface area contributed by atoms with Crippen molar-refractivity contribution in [2.45, 2.75) is 45.9 Å². The van der Waals surface area contributed by atoms with Crippen molar-refractivity contribution in [2.24, 2.45) is 11.3 Å². The van der Waals surface area contributed by atoms with Gasteiger partial charge in [0, 0.05) is 13.1 Å². The van der Waals surface area contributed by atoms with Gasteiger partial charge in [-0.05, 0) is 29.9 Å². The van der Waals surface area contributed by atoms with E-state index in [4.69, 9.17) is 0 Å². The molecular weight excluding hydrogens is 284 g/mol. The van der Waals surface area contributed by atoms with Gasteiger partial charge in [-0.1, -0.05) is 46.8 Å². The van der Waals surface area contributed by atoms with E-state index in [0.29, 0.717) is 23.0 Å². The number of benzene rings is 1. The predicted octanol–water partition coefficient (Wildman–Crippen LogP) is 3.47. The molecule has 1 atom stereocenters. The summed E-state index contributed by atoms with van der Waals surface area (Å²) in [5.74, 6) is 0.428. The zero-order valence-corrected chi connectivity index (χ0v) is 14.5. The van der Waals surface area contributed by atoms with Crippen molar-refractivity contribution in [3.8, 4) is 0 Å². The Bertz CT molecular complexity index is 548. The van der Waals surface area contributed by atoms with Crippen LogP contribution < -0.4 is 10.0 Å². The molecule has 1 unspecified atom stereocenters. The fourth-order valence-electron chi connectivity index (χ4n) is 1.73. The predicted molar refractivity (Wildman–Crippen MR) is 89.0 cm³/mol. The summed E-state index contributed by atoms with van der Waals surface area (Å²) < 4.78 is 27.2. The first-order valence-corrected chi connectivity index (χ1v) is 8.99. The fourth-order valence-corrected chi connectivity index (χ4v) is 3.05. The van der Waals surface area contributed by atoms with E-state index >= 15 is 0 Å². The second-order valence-corrected chi connectivity index (χ2v) is 8.28. The summed E-state index contributed by atoms with van der Waals surface area (Å²) in [5, 5.41) is 3.28. The van der Waals surface area contributed by atoms with Gasteiger partial charge in [0.2, 0.25) is 10.0 Å². The third-order valence-electron chi connectivity index (χ3n) is 3.80. The van der Waals surface area contributed by atoms with E-state index in [1.807, 2.05) is 19.1 Å². The molecule has 120 valence electrons. The first-order chi connectivity index (χ1) is 9.68. The minimum Gasteiger partial charge on any atom is -0.384 e. The standard InChI is InChI=1S/C16H28N2O2S/c1-6-11-18-21(19,20)15-10-8-7-9-14(15)17-12-13(2)16(3,4)5/h7-10,13,17-18H,6,11-12H2,1-5H3. The average molecular weight is 312 g/mol. The van der Waals surface area contributed by atoms with E-state index in [1.54, 1.807) is 12.1 Å². The maximum atomic E-state index is 12.3. The lowest BCUT2D eigenvalue weighted by Gasteiger charge is -2.28. The van der Waals surface area contributed by atoms with Gasteiger partial charge in [0.05, 0.1) is 5.69 Å². The molecule has 0 saturated carbocycles. The van der Waals surface area contributed by atoms with Gasteiger partial charge in [-0.3, -0.25) is 0 Å². The molecule has 21 heavy (non-hydrogen) atoms. The maximum Gasteiger partial charge on any atom is 0.242 e. The van der Waals surface area contributed by atoms with Crippen LogP contribution in [0.25, 0.3) is 0 Å². The van der Waals surface area contributed by atoms with Gasteiger partial charge in [-0.15, -0.1) is 0 Å². The van der Waals surface area contributed by atoms with Crippen molar-refractivity contribution in [1.82, 2.24) is 4.72 Å². The molecule has 0 heterocycles. The molecule has 0 aliphatic rings. The molecule has 5 heteroatoms. The lowest BCUT2D eigenvalue weighted by atomic mass is 9.82. The summed E-state index contributed by atoms with van der Waals surface area (Å²) >= 11 is 0. The van der Waals surface area contributed by atoms with Gasteiger partial charge >= 0.3 is 0 Å². The van der Waals surface area contributed by atoms with E-state index in [-0.39, 0.29) is 5.41 Å². The number of hydrogen-bond donors (Lipinski definition) is 2. The van der Waals surface area contributed by atoms with Gasteiger partial charge in [0.25, 0.3) is 0 Å². The van der Waals surface area contributed by atoms with Crippen molar-refractivity contribution in [1.29, 1.82) is 0 Å². The zero-order chi connectivity index (χ0) is 16.1. The first-order valence-electron chi connectivity index (χ1n) is 7.51. The number of anilines is 1. The topological polar surface area (TPSA) is 58.2 Å². The lowest BCUT2D eigenvalue weighted by Crippen LogP contribution is -2.27. The third kappa shape index (κ3) is 5.32. The number of hydrogen-bond acceptors (Lipinski definition) is 3. The number of nitrogens with one attached hydrogen (secondary N) is 2. The smallest absolute Gasteiger partial charge is 0.242 e. The molecule has 0 saturated heterocycles. The summed E-state index contributed by atoms with van der Waals surface area (Å²) in [7, 11) is -3.45. The van der Waals surface area contributed by atoms with Crippen molar-refractivity contribution in [2.75, 3.05) is 18.4 Å². The van der Waals surface area contributed by atoms with Gasteiger partial charge in [-0.2, -0.15) is 0 Å². The molecule has 0 spiro atoms. The molecule has 4 nitrogen and oxygen atoms in total. The number of sulfonamides is 1. The molecule has 0 aromatic heterocycles. The van der Waals surface area contributed by atoms with Crippen LogP contribution in [0.2, 0.25) is 0 Å². The molecule has 0 bridgehead atoms. The minimum absolute atomic E-state index is 0.182. The number of para-hydroxylation sites is 1. The lowest BCUT2D eigenvalue weighted by molar-refractivity contribution is 0.274. The second-order valence-electron chi connectivity index (χ2n) is 6.54. The van der Waals surface area contributed by atoms with Gasteiger partial charge in [-0.25, -0.2) is 13.1 Å². The largest absolute Gasteiger partial charge is 0.384 e. The van der Waals surface area contributed by atoms with Gasteiger partial charge in [0.1, 0.15) is 4.90 Å². The summed E-state index contributed by atoms with van der Waals surface area (Å²) in [4.78, 5) is 0.319. The van der Waals surface area contributed by atoms with Crippen LogP contribution in [0.4, 0.5) is 5.69 Å². The van der Waals surface area contributed by atoms with Crippen molar-refractivity contribution < 1.29 is 8.42 Å². The van der Waals surface area contributed by atoms with E-state index in [9.17, 15) is 8.42 Å². The van der Waals surface area contributed by atoms with E-state index in [0.717, 1.165) is 13.0 Å². The molecule has 2 N–H and O–H groups in total. The van der Waals surface area contributed by atoms with Crippen LogP contribution in [-0.4, -0.2) is 21.5 Å². The average Bonchev–Trinajstić information content (AvgIpc) is 2.41. The zero-order valence-electron chi connectivity index (χ0n) is 13.7. The van der Waals surface area contributed by atoms with Crippen LogP contribution in [0.3, 0.4) is 0 Å². The maximum absolute atomic E-state index is 12.3. The highest BCUT2D eigenvalue weighted by molar-refractivity contribution is 7.89. The Kier molecular flexibility index (Phi) is 6.23. The first kappa shape index (κ1) is 18.0. The SMILES string of the molecule is CCCNS(=O)(=O)c1ccccc1NCC(C)C(C)(C)C. The number of rotatable bonds is 7. The Balaban J connectivity index is 2.90. The summed E-state index contributed by atoms with van der Waals surface area (Å²) in [6, 6.07) is 7.06. The molecule has 1 rings (SSSR count). The molecule has 0 fully saturated rings. The van der Waals surface area contributed by atoms with E-state index in [1.165, 1.54) is 0 Å². The highest BCUT2D eigenvalue weighted by Gasteiger charge is 2.21. The Morgan fingerprint density at radius 2 is 1.81 bits per heavy atom.